The van der Waals surface area contributed by atoms with E-state index in [-0.39, 0.29) is 6.79 Å². The third-order valence-corrected chi connectivity index (χ3v) is 2.13. The Morgan fingerprint density at radius 2 is 2.14 bits per heavy atom. The van der Waals surface area contributed by atoms with Crippen LogP contribution >= 0.6 is 0 Å². The van der Waals surface area contributed by atoms with Crippen LogP contribution in [0.3, 0.4) is 0 Å². The maximum Gasteiger partial charge on any atom is 0.325 e. The SMILES string of the molecule is CC(NC=O)C(=O)O.COc1ccncc1OCOC(C)=O. The number of pyridine rings is 1. The van der Waals surface area contributed by atoms with Crippen LogP contribution < -0.4 is 14.8 Å². The molecule has 0 saturated carbocycles. The van der Waals surface area contributed by atoms with E-state index in [1.54, 1.807) is 12.3 Å². The van der Waals surface area contributed by atoms with Crippen LogP contribution in [0.5, 0.6) is 11.5 Å². The molecule has 0 aliphatic carbocycles. The molecule has 0 saturated heterocycles. The van der Waals surface area contributed by atoms with E-state index in [0.29, 0.717) is 17.9 Å². The molecule has 122 valence electrons. The number of carbonyl (C=O) groups excluding carboxylic acids is 2. The lowest BCUT2D eigenvalue weighted by atomic mass is 10.4. The largest absolute Gasteiger partial charge is 0.493 e. The minimum Gasteiger partial charge on any atom is -0.493 e. The number of carboxylic acids is 1. The molecular formula is C13H18N2O7. The van der Waals surface area contributed by atoms with Crippen molar-refractivity contribution in [2.75, 3.05) is 13.9 Å². The molecule has 1 heterocycles. The first-order valence-electron chi connectivity index (χ1n) is 6.09. The summed E-state index contributed by atoms with van der Waals surface area (Å²) in [6.07, 6.45) is 3.43. The molecule has 0 spiro atoms. The lowest BCUT2D eigenvalue weighted by Gasteiger charge is -2.08. The summed E-state index contributed by atoms with van der Waals surface area (Å²) in [5.41, 5.74) is 0. The van der Waals surface area contributed by atoms with Crippen LogP contribution in [0.4, 0.5) is 0 Å². The summed E-state index contributed by atoms with van der Waals surface area (Å²) >= 11 is 0. The number of esters is 1. The summed E-state index contributed by atoms with van der Waals surface area (Å²) in [6, 6.07) is 0.871. The minimum absolute atomic E-state index is 0.141. The van der Waals surface area contributed by atoms with E-state index in [2.05, 4.69) is 15.0 Å². The highest BCUT2D eigenvalue weighted by atomic mass is 16.7. The Morgan fingerprint density at radius 1 is 1.45 bits per heavy atom. The van der Waals surface area contributed by atoms with E-state index in [4.69, 9.17) is 14.6 Å². The van der Waals surface area contributed by atoms with Crippen molar-refractivity contribution < 1.29 is 33.7 Å². The van der Waals surface area contributed by atoms with Gasteiger partial charge in [-0.2, -0.15) is 0 Å². The maximum atomic E-state index is 10.4. The monoisotopic (exact) mass is 314 g/mol. The number of aromatic nitrogens is 1. The molecule has 9 nitrogen and oxygen atoms in total. The number of nitrogens with one attached hydrogen (secondary N) is 1. The van der Waals surface area contributed by atoms with Crippen molar-refractivity contribution in [1.82, 2.24) is 10.3 Å². The molecule has 1 aromatic heterocycles. The zero-order chi connectivity index (χ0) is 17.0. The van der Waals surface area contributed by atoms with Gasteiger partial charge >= 0.3 is 11.9 Å². The van der Waals surface area contributed by atoms with Crippen molar-refractivity contribution >= 4 is 18.3 Å². The number of carbonyl (C=O) groups is 3. The maximum absolute atomic E-state index is 10.4. The summed E-state index contributed by atoms with van der Waals surface area (Å²) in [5, 5.41) is 10.2. The summed E-state index contributed by atoms with van der Waals surface area (Å²) in [7, 11) is 1.52. The molecule has 0 aliphatic heterocycles. The number of aliphatic carboxylic acids is 1. The van der Waals surface area contributed by atoms with Crippen molar-refractivity contribution in [2.45, 2.75) is 19.9 Å². The molecule has 1 atom stereocenters. The van der Waals surface area contributed by atoms with Gasteiger partial charge in [0.1, 0.15) is 6.04 Å². The van der Waals surface area contributed by atoms with Crippen LogP contribution in [0.25, 0.3) is 0 Å². The zero-order valence-electron chi connectivity index (χ0n) is 12.4. The van der Waals surface area contributed by atoms with E-state index in [9.17, 15) is 14.4 Å². The number of nitrogens with zero attached hydrogens (tertiary/aromatic N) is 1. The number of hydrogen-bond donors (Lipinski definition) is 2. The second kappa shape index (κ2) is 10.9. The lowest BCUT2D eigenvalue weighted by Crippen LogP contribution is -2.32. The molecular weight excluding hydrogens is 296 g/mol. The molecule has 1 amide bonds. The number of methoxy groups -OCH3 is 1. The number of rotatable bonds is 7. The van der Waals surface area contributed by atoms with E-state index in [1.807, 2.05) is 0 Å². The predicted molar refractivity (Wildman–Crippen MR) is 74.3 cm³/mol. The Kier molecular flexibility index (Phi) is 9.48. The molecule has 0 bridgehead atoms. The number of hydrogen-bond acceptors (Lipinski definition) is 7. The zero-order valence-corrected chi connectivity index (χ0v) is 12.4. The van der Waals surface area contributed by atoms with Crippen LogP contribution in [-0.4, -0.2) is 48.4 Å². The highest BCUT2D eigenvalue weighted by Gasteiger charge is 2.06. The third kappa shape index (κ3) is 8.35. The molecule has 9 heteroatoms. The molecule has 1 rings (SSSR count). The Labute approximate surface area is 127 Å². The van der Waals surface area contributed by atoms with E-state index < -0.39 is 18.0 Å². The fourth-order valence-corrected chi connectivity index (χ4v) is 0.994. The van der Waals surface area contributed by atoms with Crippen molar-refractivity contribution in [2.24, 2.45) is 0 Å². The third-order valence-electron chi connectivity index (χ3n) is 2.13. The number of ether oxygens (including phenoxy) is 3. The molecule has 2 N–H and O–H groups in total. The first-order valence-corrected chi connectivity index (χ1v) is 6.09. The predicted octanol–water partition coefficient (Wildman–Crippen LogP) is 0.195. The van der Waals surface area contributed by atoms with Crippen LogP contribution in [0.1, 0.15) is 13.8 Å². The fraction of sp³-hybridized carbons (Fsp3) is 0.385. The van der Waals surface area contributed by atoms with Gasteiger partial charge in [0.2, 0.25) is 13.2 Å². The van der Waals surface area contributed by atoms with E-state index in [1.165, 1.54) is 27.2 Å². The van der Waals surface area contributed by atoms with E-state index in [0.717, 1.165) is 0 Å². The summed E-state index contributed by atoms with van der Waals surface area (Å²) < 4.78 is 14.7. The molecule has 1 aromatic rings. The van der Waals surface area contributed by atoms with Crippen LogP contribution in [0.2, 0.25) is 0 Å². The van der Waals surface area contributed by atoms with Crippen LogP contribution in [0.15, 0.2) is 18.5 Å². The van der Waals surface area contributed by atoms with Gasteiger partial charge in [-0.3, -0.25) is 19.4 Å². The Bertz CT molecular complexity index is 493. The van der Waals surface area contributed by atoms with Gasteiger partial charge in [0.25, 0.3) is 0 Å². The lowest BCUT2D eigenvalue weighted by molar-refractivity contribution is -0.147. The smallest absolute Gasteiger partial charge is 0.325 e. The first kappa shape index (κ1) is 19.2. The second-order valence-electron chi connectivity index (χ2n) is 3.77. The highest BCUT2D eigenvalue weighted by Crippen LogP contribution is 2.24. The van der Waals surface area contributed by atoms with Gasteiger partial charge in [-0.05, 0) is 6.92 Å². The van der Waals surface area contributed by atoms with E-state index >= 15 is 0 Å². The van der Waals surface area contributed by atoms with Gasteiger partial charge in [-0.25, -0.2) is 0 Å². The van der Waals surface area contributed by atoms with Crippen molar-refractivity contribution in [1.29, 1.82) is 0 Å². The topological polar surface area (TPSA) is 124 Å². The molecule has 0 radical (unpaired) electrons. The quantitative estimate of drug-likeness (QED) is 0.415. The Balaban J connectivity index is 0.000000472. The number of carboxylic acid groups (broad SMARTS) is 1. The summed E-state index contributed by atoms with van der Waals surface area (Å²) in [6.45, 7) is 2.55. The van der Waals surface area contributed by atoms with Gasteiger partial charge in [-0.15, -0.1) is 0 Å². The average Bonchev–Trinajstić information content (AvgIpc) is 2.48. The van der Waals surface area contributed by atoms with Gasteiger partial charge < -0.3 is 24.6 Å². The molecule has 22 heavy (non-hydrogen) atoms. The molecule has 0 aliphatic rings. The van der Waals surface area contributed by atoms with Crippen LogP contribution in [0, 0.1) is 0 Å². The summed E-state index contributed by atoms with van der Waals surface area (Å²) in [4.78, 5) is 33.7. The molecule has 0 aromatic carbocycles. The first-order chi connectivity index (χ1) is 10.4. The standard InChI is InChI=1S/C9H11NO4.C4H7NO3/c1-7(11)13-6-14-9-5-10-4-3-8(9)12-2;1-3(4(7)8)5-2-6/h3-5H,6H2,1-2H3;2-3H,1H3,(H,5,6)(H,7,8). The van der Waals surface area contributed by atoms with Gasteiger partial charge in [0.15, 0.2) is 11.5 Å². The second-order valence-corrected chi connectivity index (χ2v) is 3.77. The van der Waals surface area contributed by atoms with Gasteiger partial charge in [0, 0.05) is 19.2 Å². The van der Waals surface area contributed by atoms with Crippen LogP contribution in [-0.2, 0) is 19.1 Å². The average molecular weight is 314 g/mol. The number of amides is 1. The minimum atomic E-state index is -1.03. The van der Waals surface area contributed by atoms with Gasteiger partial charge in [-0.1, -0.05) is 0 Å². The Morgan fingerprint density at radius 3 is 2.59 bits per heavy atom. The molecule has 0 fully saturated rings. The summed E-state index contributed by atoms with van der Waals surface area (Å²) in [5.74, 6) is -0.437. The van der Waals surface area contributed by atoms with Gasteiger partial charge in [0.05, 0.1) is 13.3 Å². The van der Waals surface area contributed by atoms with Crippen molar-refractivity contribution in [3.05, 3.63) is 18.5 Å². The van der Waals surface area contributed by atoms with Crippen molar-refractivity contribution in [3.8, 4) is 11.5 Å². The molecule has 1 unspecified atom stereocenters. The fourth-order valence-electron chi connectivity index (χ4n) is 0.994. The van der Waals surface area contributed by atoms with Crippen molar-refractivity contribution in [3.63, 3.8) is 0 Å². The highest BCUT2D eigenvalue weighted by molar-refractivity contribution is 5.75. The normalized spacial score (nSPS) is 10.3. The Hall–Kier alpha value is -2.84.